The minimum atomic E-state index is -0.493. The molecule has 2 rings (SSSR count). The Morgan fingerprint density at radius 3 is 2.28 bits per heavy atom. The Balaban J connectivity index is 2.21. The fourth-order valence-corrected chi connectivity index (χ4v) is 2.20. The number of carbonyl (C=O) groups excluding carboxylic acids is 1. The first-order valence-electron chi connectivity index (χ1n) is 7.64. The van der Waals surface area contributed by atoms with Crippen molar-refractivity contribution in [1.82, 2.24) is 9.97 Å². The van der Waals surface area contributed by atoms with Crippen LogP contribution < -0.4 is 19.5 Å². The Hall–Kier alpha value is -3.03. The molecule has 134 valence electrons. The first kappa shape index (κ1) is 18.3. The molecule has 0 atom stereocenters. The number of carbonyl (C=O) groups is 1. The van der Waals surface area contributed by atoms with Crippen LogP contribution in [-0.2, 0) is 11.3 Å². The Bertz CT molecular complexity index is 711. The fraction of sp³-hybridized carbons (Fsp3) is 0.353. The molecule has 8 nitrogen and oxygen atoms in total. The highest BCUT2D eigenvalue weighted by atomic mass is 16.5. The third-order valence-electron chi connectivity index (χ3n) is 3.42. The molecule has 1 aromatic heterocycles. The summed E-state index contributed by atoms with van der Waals surface area (Å²) in [5.74, 6) is 1.85. The summed E-state index contributed by atoms with van der Waals surface area (Å²) in [6, 6.07) is 5.06. The van der Waals surface area contributed by atoms with Gasteiger partial charge in [-0.2, -0.15) is 0 Å². The van der Waals surface area contributed by atoms with E-state index in [0.717, 1.165) is 5.56 Å². The van der Waals surface area contributed by atoms with Crippen LogP contribution in [0.4, 0.5) is 5.82 Å². The van der Waals surface area contributed by atoms with E-state index < -0.39 is 5.97 Å². The fourth-order valence-electron chi connectivity index (χ4n) is 2.20. The van der Waals surface area contributed by atoms with Crippen LogP contribution in [0.1, 0.15) is 23.0 Å². The van der Waals surface area contributed by atoms with E-state index in [1.165, 1.54) is 12.4 Å². The summed E-state index contributed by atoms with van der Waals surface area (Å²) in [4.78, 5) is 19.8. The van der Waals surface area contributed by atoms with Gasteiger partial charge in [0.2, 0.25) is 0 Å². The zero-order valence-corrected chi connectivity index (χ0v) is 14.7. The second-order valence-electron chi connectivity index (χ2n) is 4.87. The average Bonchev–Trinajstić information content (AvgIpc) is 2.66. The second-order valence-corrected chi connectivity index (χ2v) is 4.87. The van der Waals surface area contributed by atoms with Gasteiger partial charge in [-0.15, -0.1) is 0 Å². The first-order chi connectivity index (χ1) is 12.1. The Labute approximate surface area is 146 Å². The van der Waals surface area contributed by atoms with Gasteiger partial charge in [0, 0.05) is 24.7 Å². The van der Waals surface area contributed by atoms with Gasteiger partial charge in [-0.25, -0.2) is 14.8 Å². The monoisotopic (exact) mass is 347 g/mol. The molecule has 1 aromatic carbocycles. The molecule has 0 aliphatic carbocycles. The number of anilines is 1. The summed E-state index contributed by atoms with van der Waals surface area (Å²) >= 11 is 0. The van der Waals surface area contributed by atoms with Crippen molar-refractivity contribution in [2.45, 2.75) is 13.5 Å². The molecule has 1 N–H and O–H groups in total. The Kier molecular flexibility index (Phi) is 6.39. The smallest absolute Gasteiger partial charge is 0.357 e. The van der Waals surface area contributed by atoms with E-state index in [-0.39, 0.29) is 12.3 Å². The molecule has 0 saturated carbocycles. The number of ether oxygens (including phenoxy) is 4. The normalized spacial score (nSPS) is 10.1. The predicted octanol–water partition coefficient (Wildman–Crippen LogP) is 2.29. The number of aromatic nitrogens is 2. The zero-order valence-electron chi connectivity index (χ0n) is 14.7. The van der Waals surface area contributed by atoms with Crippen LogP contribution >= 0.6 is 0 Å². The standard InChI is InChI=1S/C17H21N3O5/c1-5-25-17(21)13-8-16(20-10-19-13)18-9-12-14(23-3)6-11(22-2)7-15(12)24-4/h6-8,10H,5,9H2,1-4H3,(H,18,19,20). The van der Waals surface area contributed by atoms with Crippen molar-refractivity contribution in [1.29, 1.82) is 0 Å². The minimum Gasteiger partial charge on any atom is -0.496 e. The van der Waals surface area contributed by atoms with Gasteiger partial charge in [-0.3, -0.25) is 0 Å². The lowest BCUT2D eigenvalue weighted by atomic mass is 10.1. The maximum atomic E-state index is 11.7. The van der Waals surface area contributed by atoms with Crippen molar-refractivity contribution in [2.75, 3.05) is 33.3 Å². The molecule has 25 heavy (non-hydrogen) atoms. The molecule has 2 aromatic rings. The number of hydrogen-bond donors (Lipinski definition) is 1. The van der Waals surface area contributed by atoms with E-state index in [1.807, 2.05) is 0 Å². The Morgan fingerprint density at radius 1 is 1.04 bits per heavy atom. The van der Waals surface area contributed by atoms with Crippen LogP contribution in [0.2, 0.25) is 0 Å². The number of hydrogen-bond acceptors (Lipinski definition) is 8. The number of benzene rings is 1. The highest BCUT2D eigenvalue weighted by Crippen LogP contribution is 2.34. The maximum absolute atomic E-state index is 11.7. The van der Waals surface area contributed by atoms with E-state index in [4.69, 9.17) is 18.9 Å². The Morgan fingerprint density at radius 2 is 1.72 bits per heavy atom. The predicted molar refractivity (Wildman–Crippen MR) is 91.4 cm³/mol. The summed E-state index contributed by atoms with van der Waals surface area (Å²) in [5, 5.41) is 3.13. The van der Waals surface area contributed by atoms with E-state index >= 15 is 0 Å². The molecule has 0 aliphatic rings. The van der Waals surface area contributed by atoms with Crippen molar-refractivity contribution in [2.24, 2.45) is 0 Å². The first-order valence-corrected chi connectivity index (χ1v) is 7.64. The zero-order chi connectivity index (χ0) is 18.2. The SMILES string of the molecule is CCOC(=O)c1cc(NCc2c(OC)cc(OC)cc2OC)ncn1. The van der Waals surface area contributed by atoms with Gasteiger partial charge in [0.15, 0.2) is 5.69 Å². The maximum Gasteiger partial charge on any atom is 0.357 e. The average molecular weight is 347 g/mol. The lowest BCUT2D eigenvalue weighted by Crippen LogP contribution is -2.10. The van der Waals surface area contributed by atoms with Crippen LogP contribution in [-0.4, -0.2) is 43.9 Å². The van der Waals surface area contributed by atoms with Crippen LogP contribution in [0.15, 0.2) is 24.5 Å². The van der Waals surface area contributed by atoms with E-state index in [1.54, 1.807) is 40.4 Å². The van der Waals surface area contributed by atoms with E-state index in [0.29, 0.717) is 29.6 Å². The van der Waals surface area contributed by atoms with Gasteiger partial charge in [0.25, 0.3) is 0 Å². The number of nitrogens with one attached hydrogen (secondary N) is 1. The van der Waals surface area contributed by atoms with Crippen LogP contribution in [0.25, 0.3) is 0 Å². The minimum absolute atomic E-state index is 0.188. The lowest BCUT2D eigenvalue weighted by molar-refractivity contribution is 0.0519. The molecule has 1 heterocycles. The molecular formula is C17H21N3O5. The topological polar surface area (TPSA) is 91.8 Å². The van der Waals surface area contributed by atoms with E-state index in [2.05, 4.69) is 15.3 Å². The van der Waals surface area contributed by atoms with Gasteiger partial charge >= 0.3 is 5.97 Å². The molecular weight excluding hydrogens is 326 g/mol. The van der Waals surface area contributed by atoms with Crippen molar-refractivity contribution in [3.8, 4) is 17.2 Å². The molecule has 0 spiro atoms. The van der Waals surface area contributed by atoms with Crippen LogP contribution in [0, 0.1) is 0 Å². The lowest BCUT2D eigenvalue weighted by Gasteiger charge is -2.16. The van der Waals surface area contributed by atoms with Crippen molar-refractivity contribution >= 4 is 11.8 Å². The van der Waals surface area contributed by atoms with Gasteiger partial charge in [0.05, 0.1) is 33.5 Å². The third-order valence-corrected chi connectivity index (χ3v) is 3.42. The quantitative estimate of drug-likeness (QED) is 0.727. The number of methoxy groups -OCH3 is 3. The third kappa shape index (κ3) is 4.50. The van der Waals surface area contributed by atoms with Gasteiger partial charge < -0.3 is 24.3 Å². The molecule has 0 fully saturated rings. The van der Waals surface area contributed by atoms with Crippen molar-refractivity contribution in [3.63, 3.8) is 0 Å². The van der Waals surface area contributed by atoms with Crippen LogP contribution in [0.3, 0.4) is 0 Å². The van der Waals surface area contributed by atoms with Gasteiger partial charge in [0.1, 0.15) is 29.4 Å². The number of nitrogens with zero attached hydrogens (tertiary/aromatic N) is 2. The summed E-state index contributed by atoms with van der Waals surface area (Å²) in [6.07, 6.45) is 1.30. The van der Waals surface area contributed by atoms with Crippen LogP contribution in [0.5, 0.6) is 17.2 Å². The summed E-state index contributed by atoms with van der Waals surface area (Å²) in [6.45, 7) is 2.39. The highest BCUT2D eigenvalue weighted by molar-refractivity contribution is 5.87. The molecule has 8 heteroatoms. The second kappa shape index (κ2) is 8.72. The molecule has 0 radical (unpaired) electrons. The molecule has 0 saturated heterocycles. The number of esters is 1. The molecule has 0 bridgehead atoms. The summed E-state index contributed by atoms with van der Waals surface area (Å²) < 4.78 is 21.0. The summed E-state index contributed by atoms with van der Waals surface area (Å²) in [7, 11) is 4.71. The van der Waals surface area contributed by atoms with E-state index in [9.17, 15) is 4.79 Å². The van der Waals surface area contributed by atoms with Gasteiger partial charge in [-0.05, 0) is 6.92 Å². The van der Waals surface area contributed by atoms with Gasteiger partial charge in [-0.1, -0.05) is 0 Å². The summed E-state index contributed by atoms with van der Waals surface area (Å²) in [5.41, 5.74) is 0.982. The molecule has 0 unspecified atom stereocenters. The molecule has 0 amide bonds. The van der Waals surface area contributed by atoms with Crippen molar-refractivity contribution < 1.29 is 23.7 Å². The van der Waals surface area contributed by atoms with Crippen molar-refractivity contribution in [3.05, 3.63) is 35.8 Å². The largest absolute Gasteiger partial charge is 0.496 e. The molecule has 0 aliphatic heterocycles. The highest BCUT2D eigenvalue weighted by Gasteiger charge is 2.14. The number of rotatable bonds is 8.